The lowest BCUT2D eigenvalue weighted by atomic mass is 9.89. The van der Waals surface area contributed by atoms with Crippen molar-refractivity contribution in [2.75, 3.05) is 7.11 Å². The highest BCUT2D eigenvalue weighted by molar-refractivity contribution is 6.53. The maximum Gasteiger partial charge on any atom is 0.354 e. The molecule has 2 unspecified atom stereocenters. The second-order valence-corrected chi connectivity index (χ2v) is 5.86. The number of hydrogen-bond acceptors (Lipinski definition) is 5. The van der Waals surface area contributed by atoms with Crippen LogP contribution in [-0.4, -0.2) is 40.6 Å². The van der Waals surface area contributed by atoms with Gasteiger partial charge in [0.05, 0.1) is 12.8 Å². The Morgan fingerprint density at radius 2 is 2.13 bits per heavy atom. The Hall–Kier alpha value is -2.28. The SMILES string of the molecule is COC(=O)C1=NC(c2ccccn2)=C(F)C(NC(C)=O)C1(C)Cl. The first kappa shape index (κ1) is 17.1. The Morgan fingerprint density at radius 1 is 1.43 bits per heavy atom. The quantitative estimate of drug-likeness (QED) is 0.673. The Balaban J connectivity index is 2.64. The zero-order chi connectivity index (χ0) is 17.2. The number of rotatable bonds is 3. The number of hydrogen-bond donors (Lipinski definition) is 1. The molecule has 8 heteroatoms. The van der Waals surface area contributed by atoms with Crippen LogP contribution >= 0.6 is 11.6 Å². The third-order valence-corrected chi connectivity index (χ3v) is 3.74. The van der Waals surface area contributed by atoms with E-state index >= 15 is 0 Å². The number of pyridine rings is 1. The van der Waals surface area contributed by atoms with E-state index in [9.17, 15) is 14.0 Å². The Morgan fingerprint density at radius 3 is 2.65 bits per heavy atom. The number of nitrogens with zero attached hydrogens (tertiary/aromatic N) is 2. The average Bonchev–Trinajstić information content (AvgIpc) is 2.51. The molecule has 0 saturated carbocycles. The molecule has 0 spiro atoms. The predicted octanol–water partition coefficient (Wildman–Crippen LogP) is 1.85. The summed E-state index contributed by atoms with van der Waals surface area (Å²) in [7, 11) is 1.17. The highest BCUT2D eigenvalue weighted by Gasteiger charge is 2.48. The van der Waals surface area contributed by atoms with Gasteiger partial charge in [-0.15, -0.1) is 11.6 Å². The van der Waals surface area contributed by atoms with Gasteiger partial charge in [0.25, 0.3) is 0 Å². The predicted molar refractivity (Wildman–Crippen MR) is 83.6 cm³/mol. The molecular weight excluding hydrogens is 325 g/mol. The van der Waals surface area contributed by atoms with Crippen molar-refractivity contribution in [1.29, 1.82) is 0 Å². The fourth-order valence-corrected chi connectivity index (χ4v) is 2.48. The average molecular weight is 340 g/mol. The number of aliphatic imine (C=N–C) groups is 1. The van der Waals surface area contributed by atoms with E-state index in [1.807, 2.05) is 0 Å². The van der Waals surface area contributed by atoms with E-state index in [0.717, 1.165) is 0 Å². The van der Waals surface area contributed by atoms with Crippen molar-refractivity contribution in [3.8, 4) is 0 Å². The number of methoxy groups -OCH3 is 1. The van der Waals surface area contributed by atoms with E-state index in [2.05, 4.69) is 20.0 Å². The Kier molecular flexibility index (Phi) is 4.79. The smallest absolute Gasteiger partial charge is 0.354 e. The van der Waals surface area contributed by atoms with Gasteiger partial charge in [-0.2, -0.15) is 0 Å². The summed E-state index contributed by atoms with van der Waals surface area (Å²) < 4.78 is 19.5. The number of carbonyl (C=O) groups is 2. The minimum atomic E-state index is -1.60. The lowest BCUT2D eigenvalue weighted by Crippen LogP contribution is -2.56. The number of esters is 1. The summed E-state index contributed by atoms with van der Waals surface area (Å²) in [4.78, 5) is 29.8. The second-order valence-electron chi connectivity index (χ2n) is 5.07. The van der Waals surface area contributed by atoms with E-state index in [-0.39, 0.29) is 17.1 Å². The number of ether oxygens (including phenoxy) is 1. The molecular formula is C15H15ClFN3O3. The number of aromatic nitrogens is 1. The van der Waals surface area contributed by atoms with Crippen molar-refractivity contribution in [3.05, 3.63) is 35.9 Å². The van der Waals surface area contributed by atoms with Crippen molar-refractivity contribution in [1.82, 2.24) is 10.3 Å². The van der Waals surface area contributed by atoms with Gasteiger partial charge in [-0.3, -0.25) is 9.78 Å². The molecule has 122 valence electrons. The zero-order valence-electron chi connectivity index (χ0n) is 12.8. The lowest BCUT2D eigenvalue weighted by molar-refractivity contribution is -0.133. The summed E-state index contributed by atoms with van der Waals surface area (Å²) in [5, 5.41) is 2.41. The molecule has 0 bridgehead atoms. The van der Waals surface area contributed by atoms with Crippen LogP contribution < -0.4 is 5.32 Å². The highest BCUT2D eigenvalue weighted by Crippen LogP contribution is 2.37. The van der Waals surface area contributed by atoms with Crippen LogP contribution in [0.2, 0.25) is 0 Å². The van der Waals surface area contributed by atoms with E-state index in [1.165, 1.54) is 33.2 Å². The van der Waals surface area contributed by atoms with Crippen molar-refractivity contribution >= 4 is 34.9 Å². The summed E-state index contributed by atoms with van der Waals surface area (Å²) in [5.41, 5.74) is -0.153. The molecule has 0 saturated heterocycles. The van der Waals surface area contributed by atoms with Crippen molar-refractivity contribution in [2.45, 2.75) is 24.8 Å². The fourth-order valence-electron chi connectivity index (χ4n) is 2.21. The molecule has 6 nitrogen and oxygen atoms in total. The Labute approximate surface area is 137 Å². The van der Waals surface area contributed by atoms with Crippen LogP contribution in [0.3, 0.4) is 0 Å². The standard InChI is InChI=1S/C15H15ClFN3O3/c1-8(21)19-12-10(17)11(9-6-4-5-7-18-9)20-13(14(22)23-3)15(12,2)16/h4-7,12H,1-3H3,(H,19,21). The molecule has 1 aliphatic rings. The van der Waals surface area contributed by atoms with Gasteiger partial charge in [0, 0.05) is 13.1 Å². The number of halogens is 2. The third kappa shape index (κ3) is 3.24. The van der Waals surface area contributed by atoms with Crippen LogP contribution in [0.5, 0.6) is 0 Å². The molecule has 0 aliphatic carbocycles. The molecule has 23 heavy (non-hydrogen) atoms. The molecule has 2 heterocycles. The van der Waals surface area contributed by atoms with Crippen LogP contribution in [0, 0.1) is 0 Å². The minimum absolute atomic E-state index is 0.164. The largest absolute Gasteiger partial charge is 0.464 e. The highest BCUT2D eigenvalue weighted by atomic mass is 35.5. The number of alkyl halides is 1. The normalized spacial score (nSPS) is 24.0. The molecule has 1 amide bonds. The monoisotopic (exact) mass is 339 g/mol. The summed E-state index contributed by atoms with van der Waals surface area (Å²) >= 11 is 6.33. The first-order chi connectivity index (χ1) is 10.8. The van der Waals surface area contributed by atoms with Gasteiger partial charge in [0.15, 0.2) is 5.83 Å². The van der Waals surface area contributed by atoms with Gasteiger partial charge >= 0.3 is 5.97 Å². The Bertz CT molecular complexity index is 701. The molecule has 1 N–H and O–H groups in total. The molecule has 1 aromatic heterocycles. The van der Waals surface area contributed by atoms with Gasteiger partial charge in [0.2, 0.25) is 5.91 Å². The first-order valence-electron chi connectivity index (χ1n) is 6.73. The lowest BCUT2D eigenvalue weighted by Gasteiger charge is -2.35. The summed E-state index contributed by atoms with van der Waals surface area (Å²) in [6.07, 6.45) is 1.46. The number of amides is 1. The van der Waals surface area contributed by atoms with Crippen LogP contribution in [0.25, 0.3) is 5.70 Å². The van der Waals surface area contributed by atoms with E-state index < -0.39 is 28.6 Å². The molecule has 0 radical (unpaired) electrons. The first-order valence-corrected chi connectivity index (χ1v) is 7.11. The van der Waals surface area contributed by atoms with E-state index in [4.69, 9.17) is 11.6 Å². The summed E-state index contributed by atoms with van der Waals surface area (Å²) in [6, 6.07) is 3.57. The molecule has 1 aliphatic heterocycles. The van der Waals surface area contributed by atoms with Gasteiger partial charge in [0.1, 0.15) is 22.3 Å². The second kappa shape index (κ2) is 6.45. The molecule has 0 aromatic carbocycles. The van der Waals surface area contributed by atoms with Gasteiger partial charge in [-0.05, 0) is 19.1 Å². The zero-order valence-corrected chi connectivity index (χ0v) is 13.5. The maximum absolute atomic E-state index is 14.9. The maximum atomic E-state index is 14.9. The molecule has 0 fully saturated rings. The fraction of sp³-hybridized carbons (Fsp3) is 0.333. The van der Waals surface area contributed by atoms with Crippen molar-refractivity contribution in [2.24, 2.45) is 4.99 Å². The van der Waals surface area contributed by atoms with Gasteiger partial charge < -0.3 is 10.1 Å². The molecule has 1 aromatic rings. The topological polar surface area (TPSA) is 80.7 Å². The van der Waals surface area contributed by atoms with E-state index in [0.29, 0.717) is 0 Å². The molecule has 2 atom stereocenters. The summed E-state index contributed by atoms with van der Waals surface area (Å²) in [6.45, 7) is 2.62. The van der Waals surface area contributed by atoms with E-state index in [1.54, 1.807) is 12.1 Å². The summed E-state index contributed by atoms with van der Waals surface area (Å²) in [5.74, 6) is -2.08. The van der Waals surface area contributed by atoms with Crippen molar-refractivity contribution in [3.63, 3.8) is 0 Å². The van der Waals surface area contributed by atoms with Crippen LogP contribution in [0.1, 0.15) is 19.5 Å². The van der Waals surface area contributed by atoms with Gasteiger partial charge in [-0.1, -0.05) is 6.07 Å². The van der Waals surface area contributed by atoms with Crippen LogP contribution in [-0.2, 0) is 14.3 Å². The van der Waals surface area contributed by atoms with Crippen molar-refractivity contribution < 1.29 is 18.7 Å². The number of carbonyl (C=O) groups excluding carboxylic acids is 2. The number of nitrogens with one attached hydrogen (secondary N) is 1. The molecule has 2 rings (SSSR count). The van der Waals surface area contributed by atoms with Gasteiger partial charge in [-0.25, -0.2) is 14.2 Å². The van der Waals surface area contributed by atoms with Crippen LogP contribution in [0.4, 0.5) is 4.39 Å². The third-order valence-electron chi connectivity index (χ3n) is 3.34. The minimum Gasteiger partial charge on any atom is -0.464 e. The van der Waals surface area contributed by atoms with Crippen LogP contribution in [0.15, 0.2) is 35.2 Å².